The SMILES string of the molecule is CC(Sc1nc2c(cc1C#N)CCCCC2)C(=O)Nc1nccs1. The van der Waals surface area contributed by atoms with Gasteiger partial charge >= 0.3 is 0 Å². The Balaban J connectivity index is 1.77. The number of carbonyl (C=O) groups excluding carboxylic acids is 1. The van der Waals surface area contributed by atoms with E-state index in [4.69, 9.17) is 4.98 Å². The van der Waals surface area contributed by atoms with Gasteiger partial charge in [0.1, 0.15) is 11.1 Å². The lowest BCUT2D eigenvalue weighted by Gasteiger charge is -2.13. The summed E-state index contributed by atoms with van der Waals surface area (Å²) in [6, 6.07) is 4.19. The average molecular weight is 358 g/mol. The Morgan fingerprint density at radius 1 is 1.42 bits per heavy atom. The van der Waals surface area contributed by atoms with E-state index in [0.29, 0.717) is 15.7 Å². The Bertz CT molecular complexity index is 768. The van der Waals surface area contributed by atoms with Crippen molar-refractivity contribution in [3.05, 3.63) is 34.5 Å². The number of hydrogen-bond acceptors (Lipinski definition) is 6. The molecule has 3 rings (SSSR count). The van der Waals surface area contributed by atoms with Gasteiger partial charge in [-0.2, -0.15) is 5.26 Å². The molecule has 2 heterocycles. The van der Waals surface area contributed by atoms with Crippen LogP contribution in [0.15, 0.2) is 22.7 Å². The largest absolute Gasteiger partial charge is 0.301 e. The lowest BCUT2D eigenvalue weighted by Crippen LogP contribution is -2.22. The van der Waals surface area contributed by atoms with Crippen molar-refractivity contribution in [3.8, 4) is 6.07 Å². The summed E-state index contributed by atoms with van der Waals surface area (Å²) in [5, 5.41) is 14.9. The molecule has 1 atom stereocenters. The van der Waals surface area contributed by atoms with Crippen molar-refractivity contribution in [2.45, 2.75) is 49.3 Å². The molecule has 0 aliphatic heterocycles. The molecule has 2 aromatic heterocycles. The van der Waals surface area contributed by atoms with Crippen LogP contribution in [0.4, 0.5) is 5.13 Å². The molecule has 0 fully saturated rings. The second-order valence-corrected chi connectivity index (χ2v) is 7.93. The van der Waals surface area contributed by atoms with E-state index in [-0.39, 0.29) is 11.2 Å². The van der Waals surface area contributed by atoms with Gasteiger partial charge in [-0.05, 0) is 44.2 Å². The van der Waals surface area contributed by atoms with Crippen molar-refractivity contribution in [3.63, 3.8) is 0 Å². The van der Waals surface area contributed by atoms with Gasteiger partial charge in [0, 0.05) is 17.3 Å². The zero-order chi connectivity index (χ0) is 16.9. The minimum atomic E-state index is -0.350. The number of anilines is 1. The van der Waals surface area contributed by atoms with E-state index in [1.807, 2.05) is 18.4 Å². The molecule has 24 heavy (non-hydrogen) atoms. The lowest BCUT2D eigenvalue weighted by atomic mass is 10.1. The number of carbonyl (C=O) groups is 1. The molecule has 0 saturated carbocycles. The minimum Gasteiger partial charge on any atom is -0.301 e. The van der Waals surface area contributed by atoms with Gasteiger partial charge in [0.2, 0.25) is 5.91 Å². The molecule has 1 aliphatic rings. The molecule has 0 bridgehead atoms. The number of nitrogens with one attached hydrogen (secondary N) is 1. The molecule has 124 valence electrons. The van der Waals surface area contributed by atoms with Crippen molar-refractivity contribution < 1.29 is 4.79 Å². The molecule has 0 spiro atoms. The second-order valence-electron chi connectivity index (χ2n) is 5.71. The van der Waals surface area contributed by atoms with Crippen LogP contribution in [0, 0.1) is 11.3 Å². The van der Waals surface area contributed by atoms with Crippen molar-refractivity contribution >= 4 is 34.1 Å². The van der Waals surface area contributed by atoms with E-state index in [9.17, 15) is 10.1 Å². The molecule has 1 unspecified atom stereocenters. The van der Waals surface area contributed by atoms with Crippen molar-refractivity contribution in [2.24, 2.45) is 0 Å². The monoisotopic (exact) mass is 358 g/mol. The molecule has 2 aromatic rings. The van der Waals surface area contributed by atoms with Crippen LogP contribution in [0.3, 0.4) is 0 Å². The Kier molecular flexibility index (Phi) is 5.48. The highest BCUT2D eigenvalue weighted by Gasteiger charge is 2.20. The standard InChI is InChI=1S/C17H18N4OS2/c1-11(15(22)21-17-19-7-8-23-17)24-16-13(10-18)9-12-5-3-2-4-6-14(12)20-16/h7-9,11H,2-6H2,1H3,(H,19,21,22). The van der Waals surface area contributed by atoms with Gasteiger partial charge in [0.25, 0.3) is 0 Å². The molecule has 7 heteroatoms. The number of nitrogens with zero attached hydrogens (tertiary/aromatic N) is 3. The van der Waals surface area contributed by atoms with Gasteiger partial charge in [-0.25, -0.2) is 9.97 Å². The molecule has 0 aromatic carbocycles. The lowest BCUT2D eigenvalue weighted by molar-refractivity contribution is -0.115. The van der Waals surface area contributed by atoms with E-state index in [1.54, 1.807) is 6.20 Å². The second kappa shape index (κ2) is 7.77. The number of hydrogen-bond donors (Lipinski definition) is 1. The summed E-state index contributed by atoms with van der Waals surface area (Å²) in [5.74, 6) is -0.129. The number of aryl methyl sites for hydroxylation is 2. The van der Waals surface area contributed by atoms with Crippen LogP contribution in [0.2, 0.25) is 0 Å². The van der Waals surface area contributed by atoms with Crippen LogP contribution in [-0.4, -0.2) is 21.1 Å². The fourth-order valence-electron chi connectivity index (χ4n) is 2.67. The van der Waals surface area contributed by atoms with E-state index < -0.39 is 0 Å². The zero-order valence-electron chi connectivity index (χ0n) is 13.4. The predicted octanol–water partition coefficient (Wildman–Crippen LogP) is 3.80. The maximum absolute atomic E-state index is 12.3. The van der Waals surface area contributed by atoms with Gasteiger partial charge in [0.15, 0.2) is 5.13 Å². The predicted molar refractivity (Wildman–Crippen MR) is 96.3 cm³/mol. The van der Waals surface area contributed by atoms with Crippen molar-refractivity contribution in [1.82, 2.24) is 9.97 Å². The normalized spacial score (nSPS) is 15.0. The summed E-state index contributed by atoms with van der Waals surface area (Å²) in [7, 11) is 0. The number of rotatable bonds is 4. The van der Waals surface area contributed by atoms with Gasteiger partial charge in [-0.15, -0.1) is 11.3 Å². The van der Waals surface area contributed by atoms with Gasteiger partial charge < -0.3 is 5.32 Å². The van der Waals surface area contributed by atoms with E-state index in [0.717, 1.165) is 31.4 Å². The maximum Gasteiger partial charge on any atom is 0.239 e. The van der Waals surface area contributed by atoms with Crippen LogP contribution in [-0.2, 0) is 17.6 Å². The summed E-state index contributed by atoms with van der Waals surface area (Å²) >= 11 is 2.72. The highest BCUT2D eigenvalue weighted by atomic mass is 32.2. The summed E-state index contributed by atoms with van der Waals surface area (Å²) in [5.41, 5.74) is 2.84. The molecule has 1 N–H and O–H groups in total. The first-order chi connectivity index (χ1) is 11.7. The number of thioether (sulfide) groups is 1. The summed E-state index contributed by atoms with van der Waals surface area (Å²) in [6.07, 6.45) is 7.08. The summed E-state index contributed by atoms with van der Waals surface area (Å²) < 4.78 is 0. The number of aromatic nitrogens is 2. The van der Waals surface area contributed by atoms with Crippen LogP contribution in [0.25, 0.3) is 0 Å². The average Bonchev–Trinajstić information content (AvgIpc) is 2.98. The van der Waals surface area contributed by atoms with Gasteiger partial charge in [-0.1, -0.05) is 18.2 Å². The van der Waals surface area contributed by atoms with Crippen LogP contribution in [0.1, 0.15) is 43.0 Å². The highest BCUT2D eigenvalue weighted by molar-refractivity contribution is 8.00. The Labute approximate surface area is 149 Å². The number of nitriles is 1. The Morgan fingerprint density at radius 3 is 3.00 bits per heavy atom. The third-order valence-corrected chi connectivity index (χ3v) is 5.75. The third-order valence-electron chi connectivity index (χ3n) is 3.96. The first-order valence-electron chi connectivity index (χ1n) is 7.97. The fraction of sp³-hybridized carbons (Fsp3) is 0.412. The first-order valence-corrected chi connectivity index (χ1v) is 9.73. The van der Waals surface area contributed by atoms with Crippen molar-refractivity contribution in [1.29, 1.82) is 5.26 Å². The zero-order valence-corrected chi connectivity index (χ0v) is 15.0. The van der Waals surface area contributed by atoms with Gasteiger partial charge in [0.05, 0.1) is 10.8 Å². The van der Waals surface area contributed by atoms with Crippen LogP contribution in [0.5, 0.6) is 0 Å². The molecule has 1 amide bonds. The van der Waals surface area contributed by atoms with Crippen LogP contribution < -0.4 is 5.32 Å². The third kappa shape index (κ3) is 3.94. The van der Waals surface area contributed by atoms with Crippen molar-refractivity contribution in [2.75, 3.05) is 5.32 Å². The van der Waals surface area contributed by atoms with E-state index in [2.05, 4.69) is 16.4 Å². The summed E-state index contributed by atoms with van der Waals surface area (Å²) in [6.45, 7) is 1.82. The maximum atomic E-state index is 12.3. The number of pyridine rings is 1. The first kappa shape index (κ1) is 16.9. The Hall–Kier alpha value is -1.91. The number of fused-ring (bicyclic) bond motifs is 1. The van der Waals surface area contributed by atoms with E-state index >= 15 is 0 Å². The minimum absolute atomic E-state index is 0.129. The van der Waals surface area contributed by atoms with Gasteiger partial charge in [-0.3, -0.25) is 4.79 Å². The molecule has 1 aliphatic carbocycles. The Morgan fingerprint density at radius 2 is 2.25 bits per heavy atom. The quantitative estimate of drug-likeness (QED) is 0.664. The number of thiazole rings is 1. The topological polar surface area (TPSA) is 78.7 Å². The smallest absolute Gasteiger partial charge is 0.239 e. The molecular formula is C17H18N4OS2. The van der Waals surface area contributed by atoms with E-state index in [1.165, 1.54) is 35.1 Å². The molecular weight excluding hydrogens is 340 g/mol. The highest BCUT2D eigenvalue weighted by Crippen LogP contribution is 2.30. The number of amides is 1. The molecule has 0 radical (unpaired) electrons. The van der Waals surface area contributed by atoms with Crippen LogP contribution >= 0.6 is 23.1 Å². The summed E-state index contributed by atoms with van der Waals surface area (Å²) in [4.78, 5) is 21.0. The fourth-order valence-corrected chi connectivity index (χ4v) is 4.10. The molecule has 5 nitrogen and oxygen atoms in total. The molecule has 0 saturated heterocycles.